The first kappa shape index (κ1) is 11.5. The summed E-state index contributed by atoms with van der Waals surface area (Å²) in [5.74, 6) is 4.32. The predicted molar refractivity (Wildman–Crippen MR) is 61.2 cm³/mol. The number of hydrogen-bond acceptors (Lipinski definition) is 2. The van der Waals surface area contributed by atoms with Crippen LogP contribution in [-0.4, -0.2) is 13.7 Å². The molecule has 1 aromatic rings. The van der Waals surface area contributed by atoms with Crippen LogP contribution in [0.5, 0.6) is 11.5 Å². The lowest BCUT2D eigenvalue weighted by atomic mass is 10.2. The Morgan fingerprint density at radius 2 is 1.80 bits per heavy atom. The molecule has 0 N–H and O–H groups in total. The SMILES string of the molecule is C#CCCCCOc1ccc(OC)cc1. The Morgan fingerprint density at radius 3 is 2.40 bits per heavy atom. The summed E-state index contributed by atoms with van der Waals surface area (Å²) in [4.78, 5) is 0. The maximum Gasteiger partial charge on any atom is 0.119 e. The summed E-state index contributed by atoms with van der Waals surface area (Å²) >= 11 is 0. The van der Waals surface area contributed by atoms with Crippen molar-refractivity contribution in [1.29, 1.82) is 0 Å². The van der Waals surface area contributed by atoms with Crippen LogP contribution in [0.2, 0.25) is 0 Å². The molecular formula is C13H16O2. The van der Waals surface area contributed by atoms with Crippen LogP contribution in [0.3, 0.4) is 0 Å². The standard InChI is InChI=1S/C13H16O2/c1-3-4-5-6-11-15-13-9-7-12(14-2)8-10-13/h1,7-10H,4-6,11H2,2H3. The van der Waals surface area contributed by atoms with Gasteiger partial charge in [-0.2, -0.15) is 0 Å². The highest BCUT2D eigenvalue weighted by Crippen LogP contribution is 2.17. The number of unbranched alkanes of at least 4 members (excludes halogenated alkanes) is 2. The average Bonchev–Trinajstić information content (AvgIpc) is 2.30. The Morgan fingerprint density at radius 1 is 1.13 bits per heavy atom. The second-order valence-corrected chi connectivity index (χ2v) is 3.19. The van der Waals surface area contributed by atoms with E-state index in [9.17, 15) is 0 Å². The van der Waals surface area contributed by atoms with Gasteiger partial charge in [0.2, 0.25) is 0 Å². The van der Waals surface area contributed by atoms with Crippen molar-refractivity contribution in [3.63, 3.8) is 0 Å². The molecule has 0 fully saturated rings. The van der Waals surface area contributed by atoms with Crippen LogP contribution < -0.4 is 9.47 Å². The molecule has 80 valence electrons. The number of methoxy groups -OCH3 is 1. The van der Waals surface area contributed by atoms with Gasteiger partial charge in [-0.15, -0.1) is 12.3 Å². The number of rotatable bonds is 6. The molecule has 0 spiro atoms. The van der Waals surface area contributed by atoms with Gasteiger partial charge in [-0.1, -0.05) is 0 Å². The van der Waals surface area contributed by atoms with E-state index in [1.165, 1.54) is 0 Å². The highest BCUT2D eigenvalue weighted by molar-refractivity contribution is 5.31. The third-order valence-corrected chi connectivity index (χ3v) is 2.04. The molecule has 0 aliphatic rings. The third kappa shape index (κ3) is 4.42. The van der Waals surface area contributed by atoms with Crippen molar-refractivity contribution in [3.05, 3.63) is 24.3 Å². The van der Waals surface area contributed by atoms with Gasteiger partial charge in [0, 0.05) is 6.42 Å². The van der Waals surface area contributed by atoms with Crippen LogP contribution in [0, 0.1) is 12.3 Å². The lowest BCUT2D eigenvalue weighted by molar-refractivity contribution is 0.307. The van der Waals surface area contributed by atoms with E-state index in [1.54, 1.807) is 7.11 Å². The first-order valence-electron chi connectivity index (χ1n) is 5.07. The van der Waals surface area contributed by atoms with Crippen molar-refractivity contribution >= 4 is 0 Å². The van der Waals surface area contributed by atoms with Crippen LogP contribution in [-0.2, 0) is 0 Å². The van der Waals surface area contributed by atoms with E-state index in [0.29, 0.717) is 6.61 Å². The van der Waals surface area contributed by atoms with Crippen LogP contribution >= 0.6 is 0 Å². The van der Waals surface area contributed by atoms with Crippen LogP contribution in [0.4, 0.5) is 0 Å². The van der Waals surface area contributed by atoms with Crippen molar-refractivity contribution in [2.75, 3.05) is 13.7 Å². The van der Waals surface area contributed by atoms with Gasteiger partial charge in [0.05, 0.1) is 13.7 Å². The maximum atomic E-state index is 5.53. The first-order valence-corrected chi connectivity index (χ1v) is 5.07. The van der Waals surface area contributed by atoms with Gasteiger partial charge in [-0.3, -0.25) is 0 Å². The van der Waals surface area contributed by atoms with Crippen molar-refractivity contribution < 1.29 is 9.47 Å². The molecule has 0 atom stereocenters. The molecule has 0 saturated carbocycles. The highest BCUT2D eigenvalue weighted by atomic mass is 16.5. The van der Waals surface area contributed by atoms with Gasteiger partial charge in [-0.05, 0) is 37.1 Å². The van der Waals surface area contributed by atoms with E-state index in [0.717, 1.165) is 30.8 Å². The summed E-state index contributed by atoms with van der Waals surface area (Å²) in [6.07, 6.45) is 7.99. The van der Waals surface area contributed by atoms with E-state index in [1.807, 2.05) is 24.3 Å². The largest absolute Gasteiger partial charge is 0.497 e. The second kappa shape index (κ2) is 6.78. The summed E-state index contributed by atoms with van der Waals surface area (Å²) in [5, 5.41) is 0. The summed E-state index contributed by atoms with van der Waals surface area (Å²) in [6, 6.07) is 7.58. The van der Waals surface area contributed by atoms with E-state index in [2.05, 4.69) is 5.92 Å². The molecule has 15 heavy (non-hydrogen) atoms. The molecule has 1 rings (SSSR count). The van der Waals surface area contributed by atoms with E-state index in [-0.39, 0.29) is 0 Å². The molecule has 0 heterocycles. The maximum absolute atomic E-state index is 5.53. The van der Waals surface area contributed by atoms with Crippen molar-refractivity contribution in [2.45, 2.75) is 19.3 Å². The van der Waals surface area contributed by atoms with Gasteiger partial charge in [0.1, 0.15) is 11.5 Å². The van der Waals surface area contributed by atoms with E-state index < -0.39 is 0 Å². The fraction of sp³-hybridized carbons (Fsp3) is 0.385. The molecule has 0 aliphatic heterocycles. The Balaban J connectivity index is 2.23. The van der Waals surface area contributed by atoms with Crippen molar-refractivity contribution in [1.82, 2.24) is 0 Å². The van der Waals surface area contributed by atoms with Crippen molar-refractivity contribution in [2.24, 2.45) is 0 Å². The lowest BCUT2D eigenvalue weighted by Gasteiger charge is -2.06. The first-order chi connectivity index (χ1) is 7.36. The molecule has 0 amide bonds. The Bertz CT molecular complexity index is 308. The number of terminal acetylenes is 1. The van der Waals surface area contributed by atoms with Crippen LogP contribution in [0.1, 0.15) is 19.3 Å². The van der Waals surface area contributed by atoms with Gasteiger partial charge in [0.15, 0.2) is 0 Å². The molecule has 0 aromatic heterocycles. The van der Waals surface area contributed by atoms with E-state index in [4.69, 9.17) is 15.9 Å². The Kier molecular flexibility index (Phi) is 5.18. The summed E-state index contributed by atoms with van der Waals surface area (Å²) in [6.45, 7) is 0.716. The van der Waals surface area contributed by atoms with Gasteiger partial charge < -0.3 is 9.47 Å². The zero-order valence-electron chi connectivity index (χ0n) is 9.03. The topological polar surface area (TPSA) is 18.5 Å². The van der Waals surface area contributed by atoms with E-state index >= 15 is 0 Å². The van der Waals surface area contributed by atoms with Crippen molar-refractivity contribution in [3.8, 4) is 23.8 Å². The zero-order valence-corrected chi connectivity index (χ0v) is 9.03. The molecule has 0 radical (unpaired) electrons. The molecule has 0 aliphatic carbocycles. The molecular weight excluding hydrogens is 188 g/mol. The smallest absolute Gasteiger partial charge is 0.119 e. The zero-order chi connectivity index (χ0) is 10.9. The number of hydrogen-bond donors (Lipinski definition) is 0. The van der Waals surface area contributed by atoms with Crippen LogP contribution in [0.25, 0.3) is 0 Å². The average molecular weight is 204 g/mol. The summed E-state index contributed by atoms with van der Waals surface area (Å²) in [5.41, 5.74) is 0. The minimum atomic E-state index is 0.716. The molecule has 0 unspecified atom stereocenters. The number of ether oxygens (including phenoxy) is 2. The Labute approximate surface area is 91.2 Å². The monoisotopic (exact) mass is 204 g/mol. The molecule has 0 saturated heterocycles. The number of benzene rings is 1. The fourth-order valence-electron chi connectivity index (χ4n) is 1.19. The van der Waals surface area contributed by atoms with Gasteiger partial charge >= 0.3 is 0 Å². The summed E-state index contributed by atoms with van der Waals surface area (Å²) < 4.78 is 10.6. The van der Waals surface area contributed by atoms with Crippen LogP contribution in [0.15, 0.2) is 24.3 Å². The predicted octanol–water partition coefficient (Wildman–Crippen LogP) is 2.88. The normalized spacial score (nSPS) is 9.33. The lowest BCUT2D eigenvalue weighted by Crippen LogP contribution is -1.96. The summed E-state index contributed by atoms with van der Waals surface area (Å²) in [7, 11) is 1.65. The third-order valence-electron chi connectivity index (χ3n) is 2.04. The van der Waals surface area contributed by atoms with Gasteiger partial charge in [0.25, 0.3) is 0 Å². The molecule has 0 bridgehead atoms. The quantitative estimate of drug-likeness (QED) is 0.524. The minimum absolute atomic E-state index is 0.716. The Hall–Kier alpha value is -1.62. The minimum Gasteiger partial charge on any atom is -0.497 e. The highest BCUT2D eigenvalue weighted by Gasteiger charge is 1.94. The molecule has 2 nitrogen and oxygen atoms in total. The fourth-order valence-corrected chi connectivity index (χ4v) is 1.19. The molecule has 1 aromatic carbocycles. The molecule has 2 heteroatoms. The second-order valence-electron chi connectivity index (χ2n) is 3.19. The van der Waals surface area contributed by atoms with Gasteiger partial charge in [-0.25, -0.2) is 0 Å².